The number of phenolic OH excluding ortho intramolecular Hbond substituents is 2. The van der Waals surface area contributed by atoms with E-state index in [4.69, 9.17) is 0 Å². The van der Waals surface area contributed by atoms with Crippen molar-refractivity contribution < 1.29 is 19.8 Å². The summed E-state index contributed by atoms with van der Waals surface area (Å²) in [6, 6.07) is 6.43. The van der Waals surface area contributed by atoms with Crippen LogP contribution in [0.15, 0.2) is 29.6 Å². The summed E-state index contributed by atoms with van der Waals surface area (Å²) >= 11 is 1.82. The molecule has 23 heavy (non-hydrogen) atoms. The molecule has 0 atom stereocenters. The normalized spacial score (nSPS) is 9.09. The predicted molar refractivity (Wildman–Crippen MR) is 94.8 cm³/mol. The van der Waals surface area contributed by atoms with E-state index in [1.807, 2.05) is 25.2 Å². The van der Waals surface area contributed by atoms with Gasteiger partial charge in [0.05, 0.1) is 11.1 Å². The first kappa shape index (κ1) is 20.9. The fraction of sp³-hybridized carbons (Fsp3) is 0.333. The Morgan fingerprint density at radius 3 is 1.74 bits per heavy atom. The predicted octanol–water partition coefficient (Wildman–Crippen LogP) is 4.84. The summed E-state index contributed by atoms with van der Waals surface area (Å²) in [5.41, 5.74) is 0.0704. The summed E-state index contributed by atoms with van der Waals surface area (Å²) in [6.45, 7) is 8.72. The van der Waals surface area contributed by atoms with Gasteiger partial charge in [0.2, 0.25) is 0 Å². The van der Waals surface area contributed by atoms with Crippen molar-refractivity contribution in [1.82, 2.24) is 0 Å². The lowest BCUT2D eigenvalue weighted by atomic mass is 10.0. The fourth-order valence-corrected chi connectivity index (χ4v) is 2.31. The molecule has 1 aromatic carbocycles. The average molecular weight is 336 g/mol. The summed E-state index contributed by atoms with van der Waals surface area (Å²) in [5, 5.41) is 20.7. The maximum atomic E-state index is 11.0. The smallest absolute Gasteiger partial charge is 0.163 e. The van der Waals surface area contributed by atoms with Crippen LogP contribution in [0.4, 0.5) is 0 Å². The molecule has 0 aliphatic heterocycles. The van der Waals surface area contributed by atoms with Crippen molar-refractivity contribution in [2.24, 2.45) is 0 Å². The molecule has 1 aromatic heterocycles. The lowest BCUT2D eigenvalue weighted by Gasteiger charge is -2.05. The molecule has 4 nitrogen and oxygen atoms in total. The van der Waals surface area contributed by atoms with E-state index in [1.165, 1.54) is 31.2 Å². The van der Waals surface area contributed by atoms with Crippen LogP contribution in [0.2, 0.25) is 0 Å². The first-order valence-electron chi connectivity index (χ1n) is 7.47. The van der Waals surface area contributed by atoms with E-state index >= 15 is 0 Å². The third kappa shape index (κ3) is 6.65. The minimum atomic E-state index is -0.356. The number of benzene rings is 1. The fourth-order valence-electron chi connectivity index (χ4n) is 1.65. The number of carbonyl (C=O) groups excluding carboxylic acids is 2. The lowest BCUT2D eigenvalue weighted by molar-refractivity contribution is 0.101. The van der Waals surface area contributed by atoms with Crippen molar-refractivity contribution in [1.29, 1.82) is 0 Å². The van der Waals surface area contributed by atoms with E-state index in [1.54, 1.807) is 0 Å². The average Bonchev–Trinajstić information content (AvgIpc) is 3.02. The molecule has 126 valence electrons. The monoisotopic (exact) mass is 336 g/mol. The van der Waals surface area contributed by atoms with E-state index in [-0.39, 0.29) is 34.2 Å². The molecular weight excluding hydrogens is 312 g/mol. The molecule has 0 aliphatic carbocycles. The largest absolute Gasteiger partial charge is 0.507 e. The molecule has 0 aliphatic rings. The van der Waals surface area contributed by atoms with E-state index in [0.29, 0.717) is 0 Å². The highest BCUT2D eigenvalue weighted by atomic mass is 32.1. The van der Waals surface area contributed by atoms with Crippen LogP contribution in [-0.2, 0) is 6.42 Å². The van der Waals surface area contributed by atoms with Gasteiger partial charge in [-0.05, 0) is 37.8 Å². The number of thiophene rings is 1. The molecule has 2 aromatic rings. The summed E-state index contributed by atoms with van der Waals surface area (Å²) in [5.74, 6) is -1.35. The summed E-state index contributed by atoms with van der Waals surface area (Å²) < 4.78 is 0. The highest BCUT2D eigenvalue weighted by Gasteiger charge is 2.14. The van der Waals surface area contributed by atoms with Crippen molar-refractivity contribution in [2.45, 2.75) is 41.0 Å². The second kappa shape index (κ2) is 10.6. The van der Waals surface area contributed by atoms with E-state index in [9.17, 15) is 19.8 Å². The number of rotatable bonds is 3. The molecule has 0 unspecified atom stereocenters. The van der Waals surface area contributed by atoms with Crippen molar-refractivity contribution in [3.8, 4) is 11.5 Å². The maximum absolute atomic E-state index is 11.0. The van der Waals surface area contributed by atoms with Crippen LogP contribution < -0.4 is 0 Å². The number of Topliss-reactive ketones (excluding diaryl/α,β-unsaturated/α-hetero) is 2. The highest BCUT2D eigenvalue weighted by Crippen LogP contribution is 2.27. The van der Waals surface area contributed by atoms with Gasteiger partial charge in [0.25, 0.3) is 0 Å². The zero-order valence-corrected chi connectivity index (χ0v) is 15.0. The number of hydrogen-bond acceptors (Lipinski definition) is 5. The number of phenols is 2. The minimum Gasteiger partial charge on any atom is -0.507 e. The van der Waals surface area contributed by atoms with Gasteiger partial charge in [-0.3, -0.25) is 9.59 Å². The van der Waals surface area contributed by atoms with Crippen LogP contribution in [-0.4, -0.2) is 21.8 Å². The molecule has 0 spiro atoms. The van der Waals surface area contributed by atoms with Gasteiger partial charge < -0.3 is 10.2 Å². The summed E-state index contributed by atoms with van der Waals surface area (Å²) in [4.78, 5) is 23.5. The zero-order chi connectivity index (χ0) is 18.0. The third-order valence-corrected chi connectivity index (χ3v) is 3.82. The van der Waals surface area contributed by atoms with Crippen molar-refractivity contribution >= 4 is 22.9 Å². The topological polar surface area (TPSA) is 74.6 Å². The van der Waals surface area contributed by atoms with Crippen LogP contribution in [0.25, 0.3) is 0 Å². The molecule has 2 rings (SSSR count). The molecule has 0 radical (unpaired) electrons. The minimum absolute atomic E-state index is 0.0352. The second-order valence-electron chi connectivity index (χ2n) is 4.43. The van der Waals surface area contributed by atoms with E-state index in [2.05, 4.69) is 24.4 Å². The Bertz CT molecular complexity index is 595. The molecule has 5 heteroatoms. The van der Waals surface area contributed by atoms with Gasteiger partial charge in [0.1, 0.15) is 11.5 Å². The van der Waals surface area contributed by atoms with Gasteiger partial charge >= 0.3 is 0 Å². The first-order chi connectivity index (χ1) is 10.9. The summed E-state index contributed by atoms with van der Waals surface area (Å²) in [7, 11) is 0. The third-order valence-electron chi connectivity index (χ3n) is 2.80. The molecule has 0 saturated carbocycles. The van der Waals surface area contributed by atoms with Crippen LogP contribution in [0.1, 0.15) is 60.2 Å². The highest BCUT2D eigenvalue weighted by molar-refractivity contribution is 7.09. The number of carbonyl (C=O) groups is 2. The van der Waals surface area contributed by atoms with Gasteiger partial charge in [0.15, 0.2) is 11.6 Å². The molecule has 0 saturated heterocycles. The Kier molecular flexibility index (Phi) is 9.58. The number of ketones is 2. The quantitative estimate of drug-likeness (QED) is 0.787. The first-order valence-corrected chi connectivity index (χ1v) is 8.35. The van der Waals surface area contributed by atoms with E-state index < -0.39 is 0 Å². The molecule has 0 bridgehead atoms. The molecular formula is C18H24O4S. The summed E-state index contributed by atoms with van der Waals surface area (Å²) in [6.07, 6.45) is 1.18. The van der Waals surface area contributed by atoms with Crippen molar-refractivity contribution in [3.63, 3.8) is 0 Å². The zero-order valence-electron chi connectivity index (χ0n) is 14.2. The van der Waals surface area contributed by atoms with Crippen LogP contribution in [0, 0.1) is 0 Å². The second-order valence-corrected chi connectivity index (χ2v) is 5.46. The lowest BCUT2D eigenvalue weighted by Crippen LogP contribution is -1.99. The number of aromatic hydroxyl groups is 2. The van der Waals surface area contributed by atoms with Crippen molar-refractivity contribution in [3.05, 3.63) is 45.6 Å². The maximum Gasteiger partial charge on any atom is 0.163 e. The molecule has 0 fully saturated rings. The number of aryl methyl sites for hydroxylation is 1. The SMILES string of the molecule is CC.CC(=O)c1cc(C(C)=O)c(O)cc1O.CCc1cccs1. The van der Waals surface area contributed by atoms with Crippen LogP contribution in [0.5, 0.6) is 11.5 Å². The van der Waals surface area contributed by atoms with Crippen LogP contribution in [0.3, 0.4) is 0 Å². The number of hydrogen-bond donors (Lipinski definition) is 2. The molecule has 2 N–H and O–H groups in total. The van der Waals surface area contributed by atoms with Gasteiger partial charge in [-0.1, -0.05) is 26.8 Å². The van der Waals surface area contributed by atoms with Gasteiger partial charge in [-0.15, -0.1) is 11.3 Å². The van der Waals surface area contributed by atoms with Crippen LogP contribution >= 0.6 is 11.3 Å². The Hall–Kier alpha value is -2.14. The Morgan fingerprint density at radius 1 is 1.00 bits per heavy atom. The Labute approximate surface area is 141 Å². The van der Waals surface area contributed by atoms with Crippen molar-refractivity contribution in [2.75, 3.05) is 0 Å². The van der Waals surface area contributed by atoms with Gasteiger partial charge in [-0.25, -0.2) is 0 Å². The molecule has 1 heterocycles. The van der Waals surface area contributed by atoms with E-state index in [0.717, 1.165) is 6.07 Å². The van der Waals surface area contributed by atoms with Gasteiger partial charge in [-0.2, -0.15) is 0 Å². The Balaban J connectivity index is 0.000000449. The standard InChI is InChI=1S/C10H10O4.C6H8S.C2H6/c1-5(11)7-3-8(6(2)12)10(14)4-9(7)13;1-2-6-4-3-5-7-6;1-2/h3-4,13-14H,1-2H3;3-5H,2H2,1H3;1-2H3. The molecule has 0 amide bonds. The van der Waals surface area contributed by atoms with Gasteiger partial charge in [0, 0.05) is 10.9 Å². The Morgan fingerprint density at radius 2 is 1.48 bits per heavy atom.